The van der Waals surface area contributed by atoms with Crippen molar-refractivity contribution in [3.63, 3.8) is 0 Å². The van der Waals surface area contributed by atoms with Gasteiger partial charge in [0.25, 0.3) is 0 Å². The molecule has 1 amide bonds. The summed E-state index contributed by atoms with van der Waals surface area (Å²) >= 11 is 0. The van der Waals surface area contributed by atoms with E-state index in [1.165, 1.54) is 32.1 Å². The molecule has 1 fully saturated rings. The third-order valence-corrected chi connectivity index (χ3v) is 4.05. The highest BCUT2D eigenvalue weighted by Gasteiger charge is 2.20. The van der Waals surface area contributed by atoms with E-state index in [9.17, 15) is 4.79 Å². The Labute approximate surface area is 119 Å². The van der Waals surface area contributed by atoms with E-state index in [2.05, 4.69) is 25.4 Å². The number of aryl methyl sites for hydroxylation is 1. The molecule has 0 bridgehead atoms. The van der Waals surface area contributed by atoms with Gasteiger partial charge in [-0.1, -0.05) is 6.42 Å². The summed E-state index contributed by atoms with van der Waals surface area (Å²) < 4.78 is 2.17. The molecule has 1 aliphatic heterocycles. The summed E-state index contributed by atoms with van der Waals surface area (Å²) in [5.41, 5.74) is 0. The van der Waals surface area contributed by atoms with Gasteiger partial charge in [-0.15, -0.1) is 10.2 Å². The van der Waals surface area contributed by atoms with Crippen molar-refractivity contribution in [2.75, 3.05) is 13.1 Å². The molecule has 0 spiro atoms. The number of amides is 1. The van der Waals surface area contributed by atoms with Crippen LogP contribution in [0, 0.1) is 5.92 Å². The second-order valence-electron chi connectivity index (χ2n) is 5.85. The predicted molar refractivity (Wildman–Crippen MR) is 75.0 cm³/mol. The van der Waals surface area contributed by atoms with Crippen LogP contribution in [0.2, 0.25) is 0 Å². The Hall–Kier alpha value is -1.43. The van der Waals surface area contributed by atoms with Crippen LogP contribution < -0.4 is 10.6 Å². The highest BCUT2D eigenvalue weighted by Crippen LogP contribution is 2.27. The molecule has 0 aromatic carbocycles. The molecule has 110 valence electrons. The minimum absolute atomic E-state index is 0.0385. The van der Waals surface area contributed by atoms with Crippen LogP contribution in [0.3, 0.4) is 0 Å². The average molecular weight is 277 g/mol. The monoisotopic (exact) mass is 277 g/mol. The first-order valence-corrected chi connectivity index (χ1v) is 7.71. The molecule has 1 aromatic heterocycles. The Balaban J connectivity index is 1.45. The SMILES string of the molecule is O=C(CNCC1CC1)NCc1nnc2n1CCCCC2. The molecule has 2 heterocycles. The number of nitrogens with one attached hydrogen (secondary N) is 2. The first-order chi connectivity index (χ1) is 9.83. The summed E-state index contributed by atoms with van der Waals surface area (Å²) in [4.78, 5) is 11.7. The van der Waals surface area contributed by atoms with Gasteiger partial charge in [-0.25, -0.2) is 0 Å². The number of aromatic nitrogens is 3. The number of carbonyl (C=O) groups is 1. The number of carbonyl (C=O) groups excluding carboxylic acids is 1. The van der Waals surface area contributed by atoms with E-state index >= 15 is 0 Å². The van der Waals surface area contributed by atoms with E-state index in [0.29, 0.717) is 13.1 Å². The van der Waals surface area contributed by atoms with Gasteiger partial charge in [0.15, 0.2) is 5.82 Å². The van der Waals surface area contributed by atoms with Gasteiger partial charge in [0.1, 0.15) is 5.82 Å². The van der Waals surface area contributed by atoms with Crippen LogP contribution in [0.25, 0.3) is 0 Å². The van der Waals surface area contributed by atoms with Crippen molar-refractivity contribution in [2.24, 2.45) is 5.92 Å². The van der Waals surface area contributed by atoms with E-state index in [-0.39, 0.29) is 5.91 Å². The molecule has 2 aliphatic rings. The maximum absolute atomic E-state index is 11.7. The molecule has 0 atom stereocenters. The predicted octanol–water partition coefficient (Wildman–Crippen LogP) is 0.620. The van der Waals surface area contributed by atoms with Gasteiger partial charge in [0.05, 0.1) is 13.1 Å². The summed E-state index contributed by atoms with van der Waals surface area (Å²) in [6.45, 7) is 2.83. The van der Waals surface area contributed by atoms with Gasteiger partial charge in [0.2, 0.25) is 5.91 Å². The van der Waals surface area contributed by atoms with Gasteiger partial charge < -0.3 is 15.2 Å². The quantitative estimate of drug-likeness (QED) is 0.799. The minimum atomic E-state index is 0.0385. The number of hydrogen-bond acceptors (Lipinski definition) is 4. The summed E-state index contributed by atoms with van der Waals surface area (Å²) in [7, 11) is 0. The van der Waals surface area contributed by atoms with Crippen LogP contribution in [-0.2, 0) is 24.3 Å². The first-order valence-electron chi connectivity index (χ1n) is 7.71. The molecule has 1 aliphatic carbocycles. The molecule has 0 radical (unpaired) electrons. The van der Waals surface area contributed by atoms with Crippen LogP contribution in [0.5, 0.6) is 0 Å². The largest absolute Gasteiger partial charge is 0.348 e. The lowest BCUT2D eigenvalue weighted by atomic mass is 10.2. The molecule has 3 rings (SSSR count). The lowest BCUT2D eigenvalue weighted by molar-refractivity contribution is -0.120. The van der Waals surface area contributed by atoms with E-state index in [4.69, 9.17) is 0 Å². The fourth-order valence-corrected chi connectivity index (χ4v) is 2.63. The fourth-order valence-electron chi connectivity index (χ4n) is 2.63. The van der Waals surface area contributed by atoms with Crippen molar-refractivity contribution < 1.29 is 4.79 Å². The average Bonchev–Trinajstić information content (AvgIpc) is 3.22. The summed E-state index contributed by atoms with van der Waals surface area (Å²) in [5, 5.41) is 14.6. The second kappa shape index (κ2) is 6.35. The van der Waals surface area contributed by atoms with Crippen molar-refractivity contribution in [1.82, 2.24) is 25.4 Å². The number of nitrogens with zero attached hydrogens (tertiary/aromatic N) is 3. The van der Waals surface area contributed by atoms with Gasteiger partial charge in [-0.05, 0) is 38.1 Å². The van der Waals surface area contributed by atoms with Crippen molar-refractivity contribution >= 4 is 5.91 Å². The van der Waals surface area contributed by atoms with Crippen LogP contribution in [0.1, 0.15) is 43.8 Å². The topological polar surface area (TPSA) is 71.8 Å². The Morgan fingerprint density at radius 3 is 3.00 bits per heavy atom. The number of hydrogen-bond donors (Lipinski definition) is 2. The van der Waals surface area contributed by atoms with Crippen molar-refractivity contribution in [2.45, 2.75) is 51.6 Å². The molecule has 6 nitrogen and oxygen atoms in total. The minimum Gasteiger partial charge on any atom is -0.348 e. The highest BCUT2D eigenvalue weighted by molar-refractivity contribution is 5.77. The van der Waals surface area contributed by atoms with Gasteiger partial charge in [-0.2, -0.15) is 0 Å². The molecule has 1 saturated carbocycles. The van der Waals surface area contributed by atoms with Gasteiger partial charge in [0, 0.05) is 13.0 Å². The zero-order valence-corrected chi connectivity index (χ0v) is 11.9. The van der Waals surface area contributed by atoms with E-state index in [0.717, 1.165) is 37.1 Å². The molecule has 0 saturated heterocycles. The smallest absolute Gasteiger partial charge is 0.234 e. The van der Waals surface area contributed by atoms with Gasteiger partial charge >= 0.3 is 0 Å². The molecule has 20 heavy (non-hydrogen) atoms. The standard InChI is InChI=1S/C14H23N5O/c20-14(10-15-8-11-5-6-11)16-9-13-18-17-12-4-2-1-3-7-19(12)13/h11,15H,1-10H2,(H,16,20). The van der Waals surface area contributed by atoms with E-state index < -0.39 is 0 Å². The lowest BCUT2D eigenvalue weighted by Gasteiger charge is -2.08. The van der Waals surface area contributed by atoms with Crippen molar-refractivity contribution in [3.8, 4) is 0 Å². The fraction of sp³-hybridized carbons (Fsp3) is 0.786. The van der Waals surface area contributed by atoms with Crippen LogP contribution in [0.4, 0.5) is 0 Å². The molecular formula is C14H23N5O. The Bertz CT molecular complexity index is 466. The number of rotatable bonds is 6. The molecule has 1 aromatic rings. The Morgan fingerprint density at radius 1 is 1.25 bits per heavy atom. The maximum Gasteiger partial charge on any atom is 0.234 e. The Morgan fingerprint density at radius 2 is 2.15 bits per heavy atom. The van der Waals surface area contributed by atoms with Crippen LogP contribution in [-0.4, -0.2) is 33.8 Å². The summed E-state index contributed by atoms with van der Waals surface area (Å²) in [5.74, 6) is 2.79. The van der Waals surface area contributed by atoms with Crippen LogP contribution in [0.15, 0.2) is 0 Å². The number of fused-ring (bicyclic) bond motifs is 1. The third-order valence-electron chi connectivity index (χ3n) is 4.05. The van der Waals surface area contributed by atoms with Gasteiger partial charge in [-0.3, -0.25) is 4.79 Å². The third kappa shape index (κ3) is 3.56. The van der Waals surface area contributed by atoms with E-state index in [1.807, 2.05) is 0 Å². The molecular weight excluding hydrogens is 254 g/mol. The molecule has 2 N–H and O–H groups in total. The normalized spacial score (nSPS) is 18.4. The first kappa shape index (κ1) is 13.5. The summed E-state index contributed by atoms with van der Waals surface area (Å²) in [6.07, 6.45) is 7.23. The van der Waals surface area contributed by atoms with Crippen LogP contribution >= 0.6 is 0 Å². The van der Waals surface area contributed by atoms with E-state index in [1.54, 1.807) is 0 Å². The van der Waals surface area contributed by atoms with Crippen molar-refractivity contribution in [1.29, 1.82) is 0 Å². The zero-order valence-electron chi connectivity index (χ0n) is 11.9. The Kier molecular flexibility index (Phi) is 4.30. The summed E-state index contributed by atoms with van der Waals surface area (Å²) in [6, 6.07) is 0. The lowest BCUT2D eigenvalue weighted by Crippen LogP contribution is -2.35. The highest BCUT2D eigenvalue weighted by atomic mass is 16.1. The molecule has 0 unspecified atom stereocenters. The second-order valence-corrected chi connectivity index (χ2v) is 5.85. The maximum atomic E-state index is 11.7. The van der Waals surface area contributed by atoms with Crippen molar-refractivity contribution in [3.05, 3.63) is 11.6 Å². The zero-order chi connectivity index (χ0) is 13.8. The molecule has 6 heteroatoms.